The summed E-state index contributed by atoms with van der Waals surface area (Å²) in [5.74, 6) is -4.77. The molecule has 0 radical (unpaired) electrons. The van der Waals surface area contributed by atoms with Crippen LogP contribution in [0.3, 0.4) is 0 Å². The average molecular weight is 774 g/mol. The number of aromatic hydroxyl groups is 5. The van der Waals surface area contributed by atoms with Gasteiger partial charge in [-0.05, 0) is 23.8 Å². The molecule has 10 atom stereocenters. The molecule has 4 aromatic rings. The van der Waals surface area contributed by atoms with Crippen LogP contribution < -0.4 is 9.47 Å². The van der Waals surface area contributed by atoms with Crippen LogP contribution >= 0.6 is 0 Å². The van der Waals surface area contributed by atoms with E-state index in [1.54, 1.807) is 12.1 Å². The van der Waals surface area contributed by atoms with Gasteiger partial charge in [-0.1, -0.05) is 12.1 Å². The largest absolute Gasteiger partial charge is 0.508 e. The molecule has 2 aliphatic heterocycles. The summed E-state index contributed by atoms with van der Waals surface area (Å²) in [6.07, 6.45) is -15.0. The number of ether oxygens (including phenoxy) is 5. The number of esters is 1. The van der Waals surface area contributed by atoms with Gasteiger partial charge in [-0.15, -0.1) is 0 Å². The number of phenols is 5. The zero-order chi connectivity index (χ0) is 39.7. The molecule has 6 rings (SSSR count). The maximum atomic E-state index is 12.4. The Hall–Kier alpha value is -5.48. The number of rotatable bonds is 10. The molecule has 0 amide bonds. The molecule has 1 aromatic heterocycles. The van der Waals surface area contributed by atoms with Crippen molar-refractivity contribution in [2.45, 2.75) is 61.4 Å². The Labute approximate surface area is 309 Å². The molecule has 3 aromatic carbocycles. The molecule has 2 aliphatic rings. The monoisotopic (exact) mass is 773 g/mol. The summed E-state index contributed by atoms with van der Waals surface area (Å²) in [7, 11) is 0. The summed E-state index contributed by atoms with van der Waals surface area (Å²) < 4.78 is 34.0. The van der Waals surface area contributed by atoms with E-state index in [1.807, 2.05) is 0 Å². The number of hydrogen-bond donors (Lipinski definition) is 12. The second-order valence-corrected chi connectivity index (χ2v) is 12.7. The molecule has 19 nitrogen and oxygen atoms in total. The van der Waals surface area contributed by atoms with Crippen LogP contribution in [0.15, 0.2) is 65.1 Å². The Morgan fingerprint density at radius 2 is 1.27 bits per heavy atom. The minimum absolute atomic E-state index is 0.0248. The minimum Gasteiger partial charge on any atom is -0.508 e. The lowest BCUT2D eigenvalue weighted by molar-refractivity contribution is -0.278. The van der Waals surface area contributed by atoms with Crippen LogP contribution in [0.4, 0.5) is 0 Å². The van der Waals surface area contributed by atoms with Crippen LogP contribution in [-0.2, 0) is 19.0 Å². The Balaban J connectivity index is 1.31. The molecule has 0 spiro atoms. The first-order valence-electron chi connectivity index (χ1n) is 16.5. The molecule has 55 heavy (non-hydrogen) atoms. The zero-order valence-corrected chi connectivity index (χ0v) is 28.3. The van der Waals surface area contributed by atoms with E-state index in [0.717, 1.165) is 30.3 Å². The van der Waals surface area contributed by atoms with Crippen LogP contribution in [0.25, 0.3) is 28.4 Å². The summed E-state index contributed by atoms with van der Waals surface area (Å²) in [6.45, 7) is -1.41. The second-order valence-electron chi connectivity index (χ2n) is 12.7. The number of carbonyl (C=O) groups is 1. The highest BCUT2D eigenvalue weighted by Gasteiger charge is 2.47. The molecular formula is C36H37O19+. The van der Waals surface area contributed by atoms with Gasteiger partial charge in [-0.2, -0.15) is 0 Å². The van der Waals surface area contributed by atoms with E-state index in [2.05, 4.69) is 0 Å². The van der Waals surface area contributed by atoms with Gasteiger partial charge in [0, 0.05) is 30.3 Å². The van der Waals surface area contributed by atoms with Crippen molar-refractivity contribution in [3.8, 4) is 51.6 Å². The molecule has 0 saturated carbocycles. The molecule has 19 heteroatoms. The van der Waals surface area contributed by atoms with Crippen molar-refractivity contribution >= 4 is 23.0 Å². The molecular weight excluding hydrogens is 736 g/mol. The van der Waals surface area contributed by atoms with Gasteiger partial charge in [0.05, 0.1) is 18.2 Å². The third-order valence-electron chi connectivity index (χ3n) is 8.83. The van der Waals surface area contributed by atoms with Crippen molar-refractivity contribution in [1.82, 2.24) is 0 Å². The van der Waals surface area contributed by atoms with Gasteiger partial charge in [0.1, 0.15) is 78.1 Å². The molecule has 2 fully saturated rings. The maximum Gasteiger partial charge on any atom is 0.402 e. The number of aliphatic hydroxyl groups excluding tert-OH is 7. The predicted molar refractivity (Wildman–Crippen MR) is 183 cm³/mol. The Morgan fingerprint density at radius 1 is 0.691 bits per heavy atom. The van der Waals surface area contributed by atoms with E-state index < -0.39 is 104 Å². The fourth-order valence-electron chi connectivity index (χ4n) is 5.82. The number of fused-ring (bicyclic) bond motifs is 1. The van der Waals surface area contributed by atoms with Crippen molar-refractivity contribution in [3.63, 3.8) is 0 Å². The molecule has 0 aliphatic carbocycles. The molecule has 2 saturated heterocycles. The summed E-state index contributed by atoms with van der Waals surface area (Å²) in [5.41, 5.74) is 0.238. The highest BCUT2D eigenvalue weighted by molar-refractivity contribution is 5.89. The Kier molecular flexibility index (Phi) is 11.5. The van der Waals surface area contributed by atoms with Crippen molar-refractivity contribution in [1.29, 1.82) is 0 Å². The molecule has 3 heterocycles. The number of hydrogen-bond acceptors (Lipinski definition) is 18. The van der Waals surface area contributed by atoms with Gasteiger partial charge in [0.25, 0.3) is 0 Å². The topological polar surface area (TPSA) is 317 Å². The van der Waals surface area contributed by atoms with E-state index in [4.69, 9.17) is 28.1 Å². The highest BCUT2D eigenvalue weighted by atomic mass is 16.7. The maximum absolute atomic E-state index is 12.4. The quantitative estimate of drug-likeness (QED) is 0.0419. The third-order valence-corrected chi connectivity index (χ3v) is 8.83. The molecule has 0 unspecified atom stereocenters. The fourth-order valence-corrected chi connectivity index (χ4v) is 5.82. The van der Waals surface area contributed by atoms with Gasteiger partial charge in [0.15, 0.2) is 17.2 Å². The van der Waals surface area contributed by atoms with Crippen molar-refractivity contribution in [2.75, 3.05) is 13.2 Å². The lowest BCUT2D eigenvalue weighted by Gasteiger charge is -2.40. The normalized spacial score (nSPS) is 28.3. The standard InChI is InChI=1S/C36H36O19/c37-12-24-28(44)30(46)32(48)36(54-24)53-23-11-18-21(51-34(23)15-7-19(40)27(43)20(41)8-15)9-17(39)10-22(18)52-35-33(49)31(47)29(45)25(55-35)13-50-26(42)6-3-14-1-4-16(38)5-2-14/h1-11,24-25,28-33,35-37,44-49H,12-13H2,(H4-,38,39,40,41,42,43)/p+1/t24-,25-,28+,29-,30+,31+,32-,33-,35-,36-/m1/s1. The predicted octanol–water partition coefficient (Wildman–Crippen LogP) is -0.469. The van der Waals surface area contributed by atoms with Crippen LogP contribution in [0.2, 0.25) is 0 Å². The third kappa shape index (κ3) is 8.29. The van der Waals surface area contributed by atoms with E-state index >= 15 is 0 Å². The van der Waals surface area contributed by atoms with E-state index in [-0.39, 0.29) is 39.5 Å². The summed E-state index contributed by atoms with van der Waals surface area (Å²) in [6, 6.07) is 11.2. The first-order chi connectivity index (χ1) is 26.1. The molecule has 0 bridgehead atoms. The average Bonchev–Trinajstić information content (AvgIpc) is 3.16. The first kappa shape index (κ1) is 39.2. The van der Waals surface area contributed by atoms with Gasteiger partial charge in [-0.25, -0.2) is 9.21 Å². The highest BCUT2D eigenvalue weighted by Crippen LogP contribution is 2.45. The number of carbonyl (C=O) groups excluding carboxylic acids is 1. The first-order valence-corrected chi connectivity index (χ1v) is 16.5. The lowest BCUT2D eigenvalue weighted by Crippen LogP contribution is -2.60. The number of aliphatic hydroxyl groups is 7. The minimum atomic E-state index is -1.92. The summed E-state index contributed by atoms with van der Waals surface area (Å²) in [5, 5.41) is 123. The number of benzene rings is 3. The van der Waals surface area contributed by atoms with Crippen molar-refractivity contribution < 1.29 is 94.2 Å². The van der Waals surface area contributed by atoms with E-state index in [9.17, 15) is 66.1 Å². The fraction of sp³-hybridized carbons (Fsp3) is 0.333. The van der Waals surface area contributed by atoms with Crippen LogP contribution in [0.1, 0.15) is 5.56 Å². The smallest absolute Gasteiger partial charge is 0.402 e. The molecule has 12 N–H and O–H groups in total. The van der Waals surface area contributed by atoms with Gasteiger partial charge in [-0.3, -0.25) is 0 Å². The van der Waals surface area contributed by atoms with Crippen LogP contribution in [0, 0.1) is 0 Å². The van der Waals surface area contributed by atoms with E-state index in [0.29, 0.717) is 5.56 Å². The summed E-state index contributed by atoms with van der Waals surface area (Å²) in [4.78, 5) is 12.4. The zero-order valence-electron chi connectivity index (χ0n) is 28.3. The Bertz CT molecular complexity index is 2010. The van der Waals surface area contributed by atoms with E-state index in [1.165, 1.54) is 24.3 Å². The Morgan fingerprint density at radius 3 is 1.89 bits per heavy atom. The van der Waals surface area contributed by atoms with Gasteiger partial charge in [0.2, 0.25) is 18.3 Å². The SMILES string of the molecule is O=C(C=Cc1ccc(O)cc1)OC[C@H]1O[C@@H](Oc2cc(O)cc3[o+]c(-c4cc(O)c(O)c(O)c4)c(O[C@@H]4O[C@H](CO)[C@H](O)[C@H](O)[C@H]4O)cc23)[C@H](O)[C@@H](O)[C@@H]1O. The van der Waals surface area contributed by atoms with Crippen LogP contribution in [0.5, 0.6) is 40.2 Å². The van der Waals surface area contributed by atoms with Crippen molar-refractivity contribution in [2.24, 2.45) is 0 Å². The second kappa shape index (κ2) is 16.1. The summed E-state index contributed by atoms with van der Waals surface area (Å²) >= 11 is 0. The number of phenolic OH excluding ortho intramolecular Hbond substituents is 5. The molecule has 294 valence electrons. The van der Waals surface area contributed by atoms with Gasteiger partial charge < -0.3 is 85.0 Å². The van der Waals surface area contributed by atoms with Gasteiger partial charge >= 0.3 is 17.3 Å². The lowest BCUT2D eigenvalue weighted by atomic mass is 9.99. The van der Waals surface area contributed by atoms with Crippen LogP contribution in [-0.4, -0.2) is 142 Å². The van der Waals surface area contributed by atoms with Crippen molar-refractivity contribution in [3.05, 3.63) is 66.2 Å².